The standard InChI is InChI=1S/C40H48O8/c1-5-9-21-25-13-14-26(38(46)37(25)45)23(11-7-3)31-18-32(36(44)20-35(31)43)24(12-8-4)28-16-15-27(39(47)40(28)48)22(10-6-2)30-17-29(21)33(41)19-34(30)42/h13-24,41-48H,5-12H2,1-4H3. The van der Waals surface area contributed by atoms with E-state index in [0.717, 1.165) is 0 Å². The van der Waals surface area contributed by atoms with Crippen LogP contribution < -0.4 is 0 Å². The number of benzene rings is 4. The molecule has 4 unspecified atom stereocenters. The average Bonchev–Trinajstić information content (AvgIpc) is 3.04. The van der Waals surface area contributed by atoms with Gasteiger partial charge in [0.05, 0.1) is 0 Å². The van der Waals surface area contributed by atoms with Crippen LogP contribution in [0.4, 0.5) is 0 Å². The molecule has 8 nitrogen and oxygen atoms in total. The second-order valence-corrected chi connectivity index (χ2v) is 13.2. The second kappa shape index (κ2) is 14.2. The van der Waals surface area contributed by atoms with Gasteiger partial charge in [-0.15, -0.1) is 0 Å². The predicted octanol–water partition coefficient (Wildman–Crippen LogP) is 9.37. The molecule has 0 spiro atoms. The maximum absolute atomic E-state index is 11.6. The van der Waals surface area contributed by atoms with Gasteiger partial charge in [0.1, 0.15) is 23.0 Å². The molecule has 4 aromatic rings. The summed E-state index contributed by atoms with van der Waals surface area (Å²) >= 11 is 0. The van der Waals surface area contributed by atoms with E-state index in [0.29, 0.717) is 95.9 Å². The fraction of sp³-hybridized carbons (Fsp3) is 0.400. The summed E-state index contributed by atoms with van der Waals surface area (Å²) in [6.07, 6.45) is 4.73. The molecule has 0 heterocycles. The van der Waals surface area contributed by atoms with Gasteiger partial charge in [-0.05, 0) is 37.8 Å². The van der Waals surface area contributed by atoms with Gasteiger partial charge in [-0.1, -0.05) is 77.6 Å². The van der Waals surface area contributed by atoms with E-state index in [1.165, 1.54) is 12.1 Å². The van der Waals surface area contributed by atoms with Crippen LogP contribution in [0.2, 0.25) is 0 Å². The minimum atomic E-state index is -0.562. The second-order valence-electron chi connectivity index (χ2n) is 13.2. The summed E-state index contributed by atoms with van der Waals surface area (Å²) in [4.78, 5) is 0. The van der Waals surface area contributed by atoms with Crippen LogP contribution >= 0.6 is 0 Å². The lowest BCUT2D eigenvalue weighted by Crippen LogP contribution is -2.10. The number of hydrogen-bond donors (Lipinski definition) is 8. The molecule has 0 radical (unpaired) electrons. The summed E-state index contributed by atoms with van der Waals surface area (Å²) in [5.74, 6) is -4.23. The molecule has 0 amide bonds. The molecule has 4 atom stereocenters. The maximum atomic E-state index is 11.6. The van der Waals surface area contributed by atoms with Crippen LogP contribution in [0.3, 0.4) is 0 Å². The van der Waals surface area contributed by atoms with Gasteiger partial charge in [0, 0.05) is 80.3 Å². The fourth-order valence-electron chi connectivity index (χ4n) is 7.75. The SMILES string of the molecule is CCCC1c2cc(c(O)cc2O)C(CCC)c2ccc(c(O)c2O)C(CCC)c2cc(c(O)cc2O)C(CCC)c2ccc1c(O)c2O. The highest BCUT2D eigenvalue weighted by Gasteiger charge is 2.33. The van der Waals surface area contributed by atoms with Crippen molar-refractivity contribution < 1.29 is 40.9 Å². The van der Waals surface area contributed by atoms with Crippen LogP contribution in [0.5, 0.6) is 46.0 Å². The van der Waals surface area contributed by atoms with Crippen molar-refractivity contribution >= 4 is 0 Å². The Morgan fingerprint density at radius 2 is 0.542 bits per heavy atom. The first-order valence-corrected chi connectivity index (χ1v) is 17.2. The summed E-state index contributed by atoms with van der Waals surface area (Å²) in [6, 6.07) is 12.9. The first-order valence-electron chi connectivity index (χ1n) is 17.2. The van der Waals surface area contributed by atoms with Crippen molar-refractivity contribution in [2.24, 2.45) is 0 Å². The van der Waals surface area contributed by atoms with E-state index in [1.807, 2.05) is 27.7 Å². The van der Waals surface area contributed by atoms with E-state index in [2.05, 4.69) is 0 Å². The van der Waals surface area contributed by atoms with Gasteiger partial charge in [0.25, 0.3) is 0 Å². The third-order valence-electron chi connectivity index (χ3n) is 10.1. The molecule has 4 aromatic carbocycles. The van der Waals surface area contributed by atoms with Crippen molar-refractivity contribution in [1.82, 2.24) is 0 Å². The number of phenolic OH excluding ortho intramolecular Hbond substituents is 8. The molecular formula is C40H48O8. The van der Waals surface area contributed by atoms with Crippen LogP contribution in [-0.4, -0.2) is 40.9 Å². The lowest BCUT2D eigenvalue weighted by molar-refractivity contribution is 0.385. The molecule has 0 fully saturated rings. The Hall–Kier alpha value is -4.72. The largest absolute Gasteiger partial charge is 0.508 e. The molecule has 48 heavy (non-hydrogen) atoms. The lowest BCUT2D eigenvalue weighted by atomic mass is 9.77. The zero-order valence-electron chi connectivity index (χ0n) is 28.2. The molecule has 0 saturated heterocycles. The molecule has 8 bridgehead atoms. The van der Waals surface area contributed by atoms with E-state index >= 15 is 0 Å². The highest BCUT2D eigenvalue weighted by molar-refractivity contribution is 5.63. The minimum Gasteiger partial charge on any atom is -0.508 e. The predicted molar refractivity (Wildman–Crippen MR) is 186 cm³/mol. The Morgan fingerprint density at radius 3 is 0.729 bits per heavy atom. The highest BCUT2D eigenvalue weighted by atomic mass is 16.3. The summed E-state index contributed by atoms with van der Waals surface area (Å²) < 4.78 is 0. The zero-order chi connectivity index (χ0) is 34.9. The van der Waals surface area contributed by atoms with Crippen molar-refractivity contribution in [2.75, 3.05) is 0 Å². The van der Waals surface area contributed by atoms with E-state index in [4.69, 9.17) is 0 Å². The molecular weight excluding hydrogens is 608 g/mol. The number of hydrogen-bond acceptors (Lipinski definition) is 8. The Bertz CT molecular complexity index is 1540. The number of rotatable bonds is 8. The molecule has 8 rings (SSSR count). The first-order chi connectivity index (χ1) is 23.0. The monoisotopic (exact) mass is 656 g/mol. The summed E-state index contributed by atoms with van der Waals surface area (Å²) in [7, 11) is 0. The van der Waals surface area contributed by atoms with Crippen molar-refractivity contribution in [3.05, 3.63) is 93.0 Å². The summed E-state index contributed by atoms with van der Waals surface area (Å²) in [5, 5.41) is 91.3. The lowest BCUT2D eigenvalue weighted by Gasteiger charge is -2.28. The topological polar surface area (TPSA) is 162 Å². The number of phenols is 8. The molecule has 0 saturated carbocycles. The van der Waals surface area contributed by atoms with Gasteiger partial charge < -0.3 is 40.9 Å². The molecule has 0 aromatic heterocycles. The first kappa shape index (κ1) is 34.6. The average molecular weight is 657 g/mol. The van der Waals surface area contributed by atoms with Gasteiger partial charge in [-0.25, -0.2) is 0 Å². The smallest absolute Gasteiger partial charge is 0.161 e. The van der Waals surface area contributed by atoms with Crippen LogP contribution in [-0.2, 0) is 0 Å². The van der Waals surface area contributed by atoms with Crippen LogP contribution in [0.25, 0.3) is 0 Å². The van der Waals surface area contributed by atoms with Crippen LogP contribution in [0.1, 0.15) is 147 Å². The number of aromatic hydroxyl groups is 8. The van der Waals surface area contributed by atoms with Crippen molar-refractivity contribution in [2.45, 2.75) is 103 Å². The van der Waals surface area contributed by atoms with Gasteiger partial charge in [0.15, 0.2) is 23.0 Å². The third-order valence-corrected chi connectivity index (χ3v) is 10.1. The fourth-order valence-corrected chi connectivity index (χ4v) is 7.75. The quantitative estimate of drug-likeness (QED) is 0.0870. The van der Waals surface area contributed by atoms with Gasteiger partial charge in [-0.2, -0.15) is 0 Å². The highest BCUT2D eigenvalue weighted by Crippen LogP contribution is 2.53. The van der Waals surface area contributed by atoms with Crippen molar-refractivity contribution in [1.29, 1.82) is 0 Å². The molecule has 4 aliphatic rings. The van der Waals surface area contributed by atoms with Crippen LogP contribution in [0.15, 0.2) is 48.5 Å². The molecule has 4 aliphatic carbocycles. The molecule has 0 aliphatic heterocycles. The normalized spacial score (nSPS) is 18.9. The van der Waals surface area contributed by atoms with Crippen LogP contribution in [0, 0.1) is 0 Å². The van der Waals surface area contributed by atoms with E-state index in [1.54, 1.807) is 36.4 Å². The maximum Gasteiger partial charge on any atom is 0.161 e. The van der Waals surface area contributed by atoms with Gasteiger partial charge in [-0.3, -0.25) is 0 Å². The van der Waals surface area contributed by atoms with Gasteiger partial charge in [0.2, 0.25) is 0 Å². The van der Waals surface area contributed by atoms with Crippen molar-refractivity contribution in [3.8, 4) is 46.0 Å². The zero-order valence-corrected chi connectivity index (χ0v) is 28.2. The van der Waals surface area contributed by atoms with Crippen molar-refractivity contribution in [3.63, 3.8) is 0 Å². The van der Waals surface area contributed by atoms with E-state index < -0.39 is 23.7 Å². The van der Waals surface area contributed by atoms with E-state index in [9.17, 15) is 40.9 Å². The minimum absolute atomic E-state index is 0.169. The molecule has 8 heteroatoms. The van der Waals surface area contributed by atoms with E-state index in [-0.39, 0.29) is 46.0 Å². The Kier molecular flexibility index (Phi) is 10.2. The Labute approximate surface area is 282 Å². The summed E-state index contributed by atoms with van der Waals surface area (Å²) in [6.45, 7) is 7.91. The Balaban J connectivity index is 1.92. The van der Waals surface area contributed by atoms with Gasteiger partial charge >= 0.3 is 0 Å². The molecule has 256 valence electrons. The molecule has 8 N–H and O–H groups in total. The summed E-state index contributed by atoms with van der Waals surface area (Å²) in [5.41, 5.74) is 3.39. The Morgan fingerprint density at radius 1 is 0.333 bits per heavy atom. The third kappa shape index (κ3) is 6.04.